The van der Waals surface area contributed by atoms with Gasteiger partial charge in [-0.25, -0.2) is 4.98 Å². The molecule has 1 saturated heterocycles. The molecule has 4 rings (SSSR count). The Labute approximate surface area is 146 Å². The SMILES string of the molecule is O=C(N[C@@H]1CCOC[C@H]1Oc1ccccn1)C1(Cn2cccn2)CC1. The highest BCUT2D eigenvalue weighted by Crippen LogP contribution is 2.47. The third-order valence-electron chi connectivity index (χ3n) is 4.89. The molecule has 1 aliphatic heterocycles. The van der Waals surface area contributed by atoms with E-state index in [1.807, 2.05) is 35.1 Å². The molecule has 25 heavy (non-hydrogen) atoms. The van der Waals surface area contributed by atoms with Crippen LogP contribution in [0.5, 0.6) is 5.88 Å². The van der Waals surface area contributed by atoms with E-state index in [0.717, 1.165) is 19.3 Å². The predicted molar refractivity (Wildman–Crippen MR) is 89.9 cm³/mol. The van der Waals surface area contributed by atoms with E-state index < -0.39 is 0 Å². The number of ether oxygens (including phenoxy) is 2. The zero-order valence-corrected chi connectivity index (χ0v) is 14.0. The maximum absolute atomic E-state index is 12.9. The molecular formula is C18H22N4O3. The number of amides is 1. The van der Waals surface area contributed by atoms with Gasteiger partial charge in [0, 0.05) is 31.3 Å². The monoisotopic (exact) mass is 342 g/mol. The van der Waals surface area contributed by atoms with Gasteiger partial charge in [0.25, 0.3) is 0 Å². The number of carbonyl (C=O) groups excluding carboxylic acids is 1. The Kier molecular flexibility index (Phi) is 4.40. The molecule has 2 aliphatic rings. The van der Waals surface area contributed by atoms with Crippen LogP contribution in [0.15, 0.2) is 42.9 Å². The number of nitrogens with zero attached hydrogens (tertiary/aromatic N) is 3. The first-order valence-electron chi connectivity index (χ1n) is 8.69. The van der Waals surface area contributed by atoms with E-state index >= 15 is 0 Å². The molecular weight excluding hydrogens is 320 g/mol. The van der Waals surface area contributed by atoms with Crippen molar-refractivity contribution < 1.29 is 14.3 Å². The molecule has 2 aromatic heterocycles. The second-order valence-corrected chi connectivity index (χ2v) is 6.75. The highest BCUT2D eigenvalue weighted by Gasteiger charge is 2.51. The molecule has 3 heterocycles. The number of hydrogen-bond acceptors (Lipinski definition) is 5. The quantitative estimate of drug-likeness (QED) is 0.859. The minimum absolute atomic E-state index is 0.0710. The molecule has 0 unspecified atom stereocenters. The first-order chi connectivity index (χ1) is 12.3. The van der Waals surface area contributed by atoms with Crippen molar-refractivity contribution >= 4 is 5.91 Å². The number of hydrogen-bond donors (Lipinski definition) is 1. The Morgan fingerprint density at radius 2 is 2.28 bits per heavy atom. The standard InChI is InChI=1S/C18H22N4O3/c23-17(18(6-7-18)13-22-10-3-9-20-22)21-14-5-11-24-12-15(14)25-16-4-1-2-8-19-16/h1-4,8-10,14-15H,5-7,11-13H2,(H,21,23)/t14-,15-/m1/s1. The van der Waals surface area contributed by atoms with Crippen molar-refractivity contribution in [2.24, 2.45) is 5.41 Å². The highest BCUT2D eigenvalue weighted by molar-refractivity contribution is 5.85. The van der Waals surface area contributed by atoms with Gasteiger partial charge in [0.15, 0.2) is 0 Å². The third kappa shape index (κ3) is 3.66. The van der Waals surface area contributed by atoms with E-state index in [9.17, 15) is 4.79 Å². The summed E-state index contributed by atoms with van der Waals surface area (Å²) < 4.78 is 13.3. The molecule has 1 N–H and O–H groups in total. The molecule has 2 aromatic rings. The van der Waals surface area contributed by atoms with Crippen LogP contribution >= 0.6 is 0 Å². The first kappa shape index (κ1) is 16.1. The molecule has 1 saturated carbocycles. The predicted octanol–water partition coefficient (Wildman–Crippen LogP) is 1.41. The van der Waals surface area contributed by atoms with Gasteiger partial charge in [0.05, 0.1) is 24.6 Å². The van der Waals surface area contributed by atoms with Gasteiger partial charge in [-0.05, 0) is 31.4 Å². The van der Waals surface area contributed by atoms with E-state index in [0.29, 0.717) is 25.6 Å². The summed E-state index contributed by atoms with van der Waals surface area (Å²) in [5, 5.41) is 7.42. The van der Waals surface area contributed by atoms with Gasteiger partial charge >= 0.3 is 0 Å². The van der Waals surface area contributed by atoms with Crippen LogP contribution in [0.4, 0.5) is 0 Å². The van der Waals surface area contributed by atoms with Gasteiger partial charge < -0.3 is 14.8 Å². The zero-order valence-electron chi connectivity index (χ0n) is 14.0. The van der Waals surface area contributed by atoms with Gasteiger partial charge in [-0.1, -0.05) is 6.07 Å². The number of carbonyl (C=O) groups is 1. The van der Waals surface area contributed by atoms with Crippen LogP contribution in [-0.4, -0.2) is 46.0 Å². The lowest BCUT2D eigenvalue weighted by molar-refractivity contribution is -0.129. The smallest absolute Gasteiger partial charge is 0.228 e. The summed E-state index contributed by atoms with van der Waals surface area (Å²) in [6.45, 7) is 1.70. The Hall–Kier alpha value is -2.41. The minimum atomic E-state index is -0.333. The van der Waals surface area contributed by atoms with Crippen molar-refractivity contribution in [3.05, 3.63) is 42.9 Å². The Balaban J connectivity index is 1.40. The van der Waals surface area contributed by atoms with Crippen molar-refractivity contribution in [2.45, 2.75) is 38.0 Å². The normalized spacial score (nSPS) is 24.5. The average Bonchev–Trinajstić information content (AvgIpc) is 3.24. The molecule has 0 spiro atoms. The molecule has 0 radical (unpaired) electrons. The molecule has 1 aliphatic carbocycles. The maximum Gasteiger partial charge on any atom is 0.228 e. The maximum atomic E-state index is 12.9. The van der Waals surface area contributed by atoms with Gasteiger partial charge in [0.1, 0.15) is 6.10 Å². The second kappa shape index (κ2) is 6.84. The molecule has 2 atom stereocenters. The van der Waals surface area contributed by atoms with Crippen LogP contribution in [0.2, 0.25) is 0 Å². The number of nitrogens with one attached hydrogen (secondary N) is 1. The fourth-order valence-corrected chi connectivity index (χ4v) is 3.20. The average molecular weight is 342 g/mol. The third-order valence-corrected chi connectivity index (χ3v) is 4.89. The van der Waals surface area contributed by atoms with Gasteiger partial charge in [-0.3, -0.25) is 9.48 Å². The van der Waals surface area contributed by atoms with Gasteiger partial charge in [0.2, 0.25) is 11.8 Å². The number of rotatable bonds is 6. The van der Waals surface area contributed by atoms with Crippen molar-refractivity contribution in [1.82, 2.24) is 20.1 Å². The van der Waals surface area contributed by atoms with Crippen LogP contribution in [0.25, 0.3) is 0 Å². The Bertz CT molecular complexity index is 700. The number of pyridine rings is 1. The molecule has 7 heteroatoms. The summed E-state index contributed by atoms with van der Waals surface area (Å²) >= 11 is 0. The molecule has 0 bridgehead atoms. The first-order valence-corrected chi connectivity index (χ1v) is 8.69. The van der Waals surface area contributed by atoms with Crippen LogP contribution in [0.3, 0.4) is 0 Å². The van der Waals surface area contributed by atoms with Crippen molar-refractivity contribution in [1.29, 1.82) is 0 Å². The summed E-state index contributed by atoms with van der Waals surface area (Å²) in [5.41, 5.74) is -0.333. The zero-order chi connectivity index (χ0) is 17.1. The Morgan fingerprint density at radius 3 is 3.00 bits per heavy atom. The lowest BCUT2D eigenvalue weighted by Gasteiger charge is -2.33. The van der Waals surface area contributed by atoms with E-state index in [-0.39, 0.29) is 23.5 Å². The van der Waals surface area contributed by atoms with Crippen LogP contribution in [0, 0.1) is 5.41 Å². The molecule has 132 valence electrons. The van der Waals surface area contributed by atoms with E-state index in [1.54, 1.807) is 12.4 Å². The molecule has 0 aromatic carbocycles. The van der Waals surface area contributed by atoms with E-state index in [2.05, 4.69) is 15.4 Å². The molecule has 7 nitrogen and oxygen atoms in total. The van der Waals surface area contributed by atoms with Crippen molar-refractivity contribution in [3.63, 3.8) is 0 Å². The minimum Gasteiger partial charge on any atom is -0.470 e. The summed E-state index contributed by atoms with van der Waals surface area (Å²) in [5.74, 6) is 0.638. The Morgan fingerprint density at radius 1 is 1.36 bits per heavy atom. The van der Waals surface area contributed by atoms with Gasteiger partial charge in [-0.15, -0.1) is 0 Å². The van der Waals surface area contributed by atoms with Crippen molar-refractivity contribution in [3.8, 4) is 5.88 Å². The summed E-state index contributed by atoms with van der Waals surface area (Å²) in [6.07, 6.45) is 7.63. The topological polar surface area (TPSA) is 78.3 Å². The lowest BCUT2D eigenvalue weighted by Crippen LogP contribution is -2.53. The summed E-state index contributed by atoms with van der Waals surface area (Å²) in [6, 6.07) is 7.34. The fourth-order valence-electron chi connectivity index (χ4n) is 3.20. The molecule has 2 fully saturated rings. The van der Waals surface area contributed by atoms with Gasteiger partial charge in [-0.2, -0.15) is 5.10 Å². The summed E-state index contributed by atoms with van der Waals surface area (Å²) in [7, 11) is 0. The van der Waals surface area contributed by atoms with E-state index in [1.165, 1.54) is 0 Å². The lowest BCUT2D eigenvalue weighted by atomic mass is 10.0. The number of aromatic nitrogens is 3. The van der Waals surface area contributed by atoms with Crippen LogP contribution in [-0.2, 0) is 16.1 Å². The summed E-state index contributed by atoms with van der Waals surface area (Å²) in [4.78, 5) is 17.1. The second-order valence-electron chi connectivity index (χ2n) is 6.75. The van der Waals surface area contributed by atoms with Crippen LogP contribution in [0.1, 0.15) is 19.3 Å². The van der Waals surface area contributed by atoms with E-state index in [4.69, 9.17) is 9.47 Å². The fraction of sp³-hybridized carbons (Fsp3) is 0.500. The van der Waals surface area contributed by atoms with Crippen LogP contribution < -0.4 is 10.1 Å². The molecule has 1 amide bonds. The highest BCUT2D eigenvalue weighted by atomic mass is 16.5. The largest absolute Gasteiger partial charge is 0.470 e. The van der Waals surface area contributed by atoms with Crippen molar-refractivity contribution in [2.75, 3.05) is 13.2 Å².